The molecule has 0 saturated heterocycles. The van der Waals surface area contributed by atoms with Crippen molar-refractivity contribution in [2.24, 2.45) is 0 Å². The molecule has 0 radical (unpaired) electrons. The van der Waals surface area contributed by atoms with Gasteiger partial charge in [0, 0.05) is 25.3 Å². The van der Waals surface area contributed by atoms with Crippen LogP contribution in [0, 0.1) is 0 Å². The summed E-state index contributed by atoms with van der Waals surface area (Å²) < 4.78 is 5.62. The third-order valence-electron chi connectivity index (χ3n) is 6.22. The molecule has 0 aliphatic carbocycles. The summed E-state index contributed by atoms with van der Waals surface area (Å²) in [5.41, 5.74) is 4.81. The van der Waals surface area contributed by atoms with E-state index in [0.717, 1.165) is 42.2 Å². The van der Waals surface area contributed by atoms with E-state index in [4.69, 9.17) is 16.3 Å². The summed E-state index contributed by atoms with van der Waals surface area (Å²) in [6, 6.07) is 11.6. The van der Waals surface area contributed by atoms with Crippen LogP contribution in [0.3, 0.4) is 0 Å². The number of anilines is 4. The van der Waals surface area contributed by atoms with Gasteiger partial charge < -0.3 is 25.0 Å². The molecule has 0 amide bonds. The second-order valence-electron chi connectivity index (χ2n) is 8.36. The minimum Gasteiger partial charge on any atom is -0.495 e. The predicted octanol–water partition coefficient (Wildman–Crippen LogP) is 4.19. The van der Waals surface area contributed by atoms with E-state index in [1.807, 2.05) is 29.2 Å². The fourth-order valence-corrected chi connectivity index (χ4v) is 4.73. The topological polar surface area (TPSA) is 90.8 Å². The zero-order valence-electron chi connectivity index (χ0n) is 18.4. The zero-order chi connectivity index (χ0) is 23.1. The van der Waals surface area contributed by atoms with Crippen LogP contribution < -0.4 is 15.0 Å². The number of hydrogen-bond donors (Lipinski definition) is 2. The summed E-state index contributed by atoms with van der Waals surface area (Å²) in [7, 11) is 3.75. The molecule has 2 N–H and O–H groups in total. The first kappa shape index (κ1) is 21.5. The highest BCUT2D eigenvalue weighted by Gasteiger charge is 2.35. The quantitative estimate of drug-likeness (QED) is 0.579. The van der Waals surface area contributed by atoms with Crippen molar-refractivity contribution < 1.29 is 14.6 Å². The van der Waals surface area contributed by atoms with Gasteiger partial charge >= 0.3 is 5.97 Å². The Morgan fingerprint density at radius 3 is 2.88 bits per heavy atom. The van der Waals surface area contributed by atoms with E-state index in [-0.39, 0.29) is 6.54 Å². The third-order valence-corrected chi connectivity index (χ3v) is 6.49. The van der Waals surface area contributed by atoms with Crippen LogP contribution in [0.15, 0.2) is 42.6 Å². The van der Waals surface area contributed by atoms with Gasteiger partial charge in [0.1, 0.15) is 16.7 Å². The number of nitrogens with zero attached hydrogens (tertiary/aromatic N) is 4. The van der Waals surface area contributed by atoms with Crippen molar-refractivity contribution in [2.45, 2.75) is 18.9 Å². The molecular formula is C24H24ClN5O3. The molecule has 0 unspecified atom stereocenters. The number of fused-ring (bicyclic) bond motifs is 2. The van der Waals surface area contributed by atoms with Crippen LogP contribution in [-0.4, -0.2) is 53.2 Å². The van der Waals surface area contributed by atoms with Crippen molar-refractivity contribution in [3.63, 3.8) is 0 Å². The molecule has 0 fully saturated rings. The van der Waals surface area contributed by atoms with Crippen LogP contribution in [0.2, 0.25) is 5.02 Å². The average molecular weight is 466 g/mol. The fourth-order valence-electron chi connectivity index (χ4n) is 4.54. The number of para-hydroxylation sites is 1. The number of nitrogens with one attached hydrogen (secondary N) is 1. The standard InChI is InChI=1S/C24H24ClN5O3/c1-29-8-7-14-10-21(33-2)19(9-15(14)12-29)27-24-26-11-18(25)22(28-24)30-13-17(23(31)32)16-5-3-4-6-20(16)30/h3-6,9-11,17H,7-8,12-13H2,1-2H3,(H,31,32)(H,26,27,28)/t17-/m0/s1. The monoisotopic (exact) mass is 465 g/mol. The van der Waals surface area contributed by atoms with Gasteiger partial charge in [-0.1, -0.05) is 29.8 Å². The lowest BCUT2D eigenvalue weighted by atomic mass is 9.99. The zero-order valence-corrected chi connectivity index (χ0v) is 19.1. The van der Waals surface area contributed by atoms with E-state index in [1.165, 1.54) is 17.3 Å². The van der Waals surface area contributed by atoms with E-state index in [1.54, 1.807) is 7.11 Å². The minimum absolute atomic E-state index is 0.249. The van der Waals surface area contributed by atoms with E-state index in [0.29, 0.717) is 16.8 Å². The maximum atomic E-state index is 11.8. The Morgan fingerprint density at radius 2 is 2.09 bits per heavy atom. The van der Waals surface area contributed by atoms with E-state index in [2.05, 4.69) is 39.4 Å². The summed E-state index contributed by atoms with van der Waals surface area (Å²) >= 11 is 6.47. The first-order chi connectivity index (χ1) is 15.9. The van der Waals surface area contributed by atoms with Gasteiger partial charge in [-0.25, -0.2) is 4.98 Å². The summed E-state index contributed by atoms with van der Waals surface area (Å²) in [5.74, 6) is 0.00423. The van der Waals surface area contributed by atoms with Crippen molar-refractivity contribution in [2.75, 3.05) is 37.5 Å². The Balaban J connectivity index is 1.50. The van der Waals surface area contributed by atoms with Gasteiger partial charge in [0.15, 0.2) is 5.82 Å². The smallest absolute Gasteiger partial charge is 0.312 e. The number of likely N-dealkylation sites (N-methyl/N-ethyl adjacent to an activating group) is 1. The van der Waals surface area contributed by atoms with E-state index < -0.39 is 11.9 Å². The second kappa shape index (κ2) is 8.53. The molecule has 0 bridgehead atoms. The number of aliphatic carboxylic acids is 1. The molecule has 5 rings (SSSR count). The number of methoxy groups -OCH3 is 1. The number of rotatable bonds is 5. The van der Waals surface area contributed by atoms with E-state index >= 15 is 0 Å². The van der Waals surface area contributed by atoms with Gasteiger partial charge in [-0.2, -0.15) is 4.98 Å². The number of carbonyl (C=O) groups is 1. The predicted molar refractivity (Wildman–Crippen MR) is 127 cm³/mol. The molecule has 1 aromatic heterocycles. The Hall–Kier alpha value is -3.36. The molecule has 2 aliphatic heterocycles. The summed E-state index contributed by atoms with van der Waals surface area (Å²) in [4.78, 5) is 24.9. The first-order valence-electron chi connectivity index (χ1n) is 10.7. The lowest BCUT2D eigenvalue weighted by Gasteiger charge is -2.26. The molecule has 0 spiro atoms. The van der Waals surface area contributed by atoms with Crippen LogP contribution in [0.25, 0.3) is 0 Å². The normalized spacial score (nSPS) is 17.4. The molecule has 3 heterocycles. The van der Waals surface area contributed by atoms with Gasteiger partial charge in [0.05, 0.1) is 19.0 Å². The van der Waals surface area contributed by atoms with Crippen LogP contribution in [0.1, 0.15) is 22.6 Å². The summed E-state index contributed by atoms with van der Waals surface area (Å²) in [6.45, 7) is 2.13. The fraction of sp³-hybridized carbons (Fsp3) is 0.292. The molecule has 2 aromatic carbocycles. The second-order valence-corrected chi connectivity index (χ2v) is 8.77. The van der Waals surface area contributed by atoms with Gasteiger partial charge in [0.2, 0.25) is 5.95 Å². The molecule has 33 heavy (non-hydrogen) atoms. The van der Waals surface area contributed by atoms with Gasteiger partial charge in [-0.15, -0.1) is 0 Å². The largest absolute Gasteiger partial charge is 0.495 e. The molecule has 1 atom stereocenters. The van der Waals surface area contributed by atoms with Crippen molar-refractivity contribution in [1.82, 2.24) is 14.9 Å². The lowest BCUT2D eigenvalue weighted by Crippen LogP contribution is -2.26. The number of ether oxygens (including phenoxy) is 1. The Kier molecular flexibility index (Phi) is 5.55. The third kappa shape index (κ3) is 3.96. The van der Waals surface area contributed by atoms with Gasteiger partial charge in [0.25, 0.3) is 0 Å². The average Bonchev–Trinajstić information content (AvgIpc) is 3.20. The van der Waals surface area contributed by atoms with Crippen molar-refractivity contribution in [3.05, 3.63) is 64.3 Å². The first-order valence-corrected chi connectivity index (χ1v) is 11.1. The molecule has 2 aliphatic rings. The summed E-state index contributed by atoms with van der Waals surface area (Å²) in [6.07, 6.45) is 2.50. The van der Waals surface area contributed by atoms with Crippen LogP contribution in [-0.2, 0) is 17.8 Å². The van der Waals surface area contributed by atoms with Gasteiger partial charge in [-0.3, -0.25) is 4.79 Å². The highest BCUT2D eigenvalue weighted by atomic mass is 35.5. The van der Waals surface area contributed by atoms with E-state index in [9.17, 15) is 9.90 Å². The van der Waals surface area contributed by atoms with Crippen LogP contribution in [0.4, 0.5) is 23.1 Å². The molecular weight excluding hydrogens is 442 g/mol. The highest BCUT2D eigenvalue weighted by Crippen LogP contribution is 2.42. The molecule has 9 heteroatoms. The molecule has 170 valence electrons. The maximum absolute atomic E-state index is 11.8. The van der Waals surface area contributed by atoms with Crippen molar-refractivity contribution >= 4 is 40.7 Å². The lowest BCUT2D eigenvalue weighted by molar-refractivity contribution is -0.138. The highest BCUT2D eigenvalue weighted by molar-refractivity contribution is 6.33. The minimum atomic E-state index is -0.878. The number of halogens is 1. The SMILES string of the molecule is COc1cc2c(cc1Nc1ncc(Cl)c(N3C[C@H](C(=O)O)c4ccccc43)n1)CN(C)CC2. The van der Waals surface area contributed by atoms with Crippen molar-refractivity contribution in [1.29, 1.82) is 0 Å². The Bertz CT molecular complexity index is 1230. The molecule has 0 saturated carbocycles. The van der Waals surface area contributed by atoms with Crippen LogP contribution in [0.5, 0.6) is 5.75 Å². The number of benzene rings is 2. The summed E-state index contributed by atoms with van der Waals surface area (Å²) in [5, 5.41) is 13.3. The number of carboxylic acids is 1. The maximum Gasteiger partial charge on any atom is 0.312 e. The number of aromatic nitrogens is 2. The Labute approximate surface area is 196 Å². The number of carboxylic acid groups (broad SMARTS) is 1. The van der Waals surface area contributed by atoms with Crippen LogP contribution >= 0.6 is 11.6 Å². The van der Waals surface area contributed by atoms with Gasteiger partial charge in [-0.05, 0) is 48.4 Å². The number of hydrogen-bond acceptors (Lipinski definition) is 7. The van der Waals surface area contributed by atoms with Crippen molar-refractivity contribution in [3.8, 4) is 5.75 Å². The molecule has 8 nitrogen and oxygen atoms in total. The Morgan fingerprint density at radius 1 is 1.27 bits per heavy atom. The molecule has 3 aromatic rings.